The van der Waals surface area contributed by atoms with Crippen LogP contribution in [0.2, 0.25) is 0 Å². The van der Waals surface area contributed by atoms with Crippen LogP contribution in [-0.4, -0.2) is 48.1 Å². The second kappa shape index (κ2) is 6.29. The van der Waals surface area contributed by atoms with Crippen molar-refractivity contribution in [2.45, 2.75) is 52.4 Å². The molecule has 0 bridgehead atoms. The molecule has 1 aliphatic rings. The summed E-state index contributed by atoms with van der Waals surface area (Å²) in [4.78, 5) is 4.91. The molecule has 114 valence electrons. The van der Waals surface area contributed by atoms with Gasteiger partial charge >= 0.3 is 0 Å². The second-order valence-electron chi connectivity index (χ2n) is 7.05. The van der Waals surface area contributed by atoms with E-state index in [-0.39, 0.29) is 5.54 Å². The van der Waals surface area contributed by atoms with Crippen molar-refractivity contribution in [2.24, 2.45) is 0 Å². The minimum atomic E-state index is 0.135. The molecule has 0 spiro atoms. The lowest BCUT2D eigenvalue weighted by Gasteiger charge is -2.37. The van der Waals surface area contributed by atoms with Crippen LogP contribution < -0.4 is 5.32 Å². The topological polar surface area (TPSA) is 31.6 Å². The molecular formula is C16H29N3O. The van der Waals surface area contributed by atoms with Crippen molar-refractivity contribution < 1.29 is 4.42 Å². The Labute approximate surface area is 123 Å². The Morgan fingerprint density at radius 1 is 1.35 bits per heavy atom. The smallest absolute Gasteiger partial charge is 0.122 e. The molecule has 0 amide bonds. The minimum absolute atomic E-state index is 0.135. The average Bonchev–Trinajstić information content (AvgIpc) is 2.77. The standard InChI is InChI=1S/C16H29N3O/c1-13-11-18(5)7-8-19(13)12-15-14(6-9-20-15)10-17-16(2,3)4/h6,9,13,17H,7-8,10-12H2,1-5H3. The fourth-order valence-electron chi connectivity index (χ4n) is 2.62. The summed E-state index contributed by atoms with van der Waals surface area (Å²) in [6.07, 6.45) is 1.82. The van der Waals surface area contributed by atoms with E-state index in [1.165, 1.54) is 5.56 Å². The van der Waals surface area contributed by atoms with Gasteiger partial charge in [-0.2, -0.15) is 0 Å². The molecule has 1 atom stereocenters. The van der Waals surface area contributed by atoms with E-state index in [0.29, 0.717) is 6.04 Å². The number of rotatable bonds is 4. The van der Waals surface area contributed by atoms with Crippen molar-refractivity contribution in [3.63, 3.8) is 0 Å². The van der Waals surface area contributed by atoms with Gasteiger partial charge in [-0.1, -0.05) is 0 Å². The predicted molar refractivity (Wildman–Crippen MR) is 82.7 cm³/mol. The number of furan rings is 1. The highest BCUT2D eigenvalue weighted by Gasteiger charge is 2.23. The number of piperazine rings is 1. The van der Waals surface area contributed by atoms with Crippen molar-refractivity contribution in [1.82, 2.24) is 15.1 Å². The molecule has 20 heavy (non-hydrogen) atoms. The SMILES string of the molecule is CC1CN(C)CCN1Cc1occc1CNC(C)(C)C. The quantitative estimate of drug-likeness (QED) is 0.916. The number of nitrogens with zero attached hydrogens (tertiary/aromatic N) is 2. The third kappa shape index (κ3) is 4.33. The van der Waals surface area contributed by atoms with E-state index in [2.05, 4.69) is 55.9 Å². The zero-order chi connectivity index (χ0) is 14.8. The molecule has 4 heteroatoms. The zero-order valence-corrected chi connectivity index (χ0v) is 13.6. The molecule has 1 N–H and O–H groups in total. The summed E-state index contributed by atoms with van der Waals surface area (Å²) in [5, 5.41) is 3.53. The molecular weight excluding hydrogens is 250 g/mol. The average molecular weight is 279 g/mol. The highest BCUT2D eigenvalue weighted by molar-refractivity contribution is 5.17. The first-order chi connectivity index (χ1) is 9.35. The molecule has 1 saturated heterocycles. The van der Waals surface area contributed by atoms with Crippen LogP contribution >= 0.6 is 0 Å². The van der Waals surface area contributed by atoms with Gasteiger partial charge in [-0.05, 0) is 40.8 Å². The van der Waals surface area contributed by atoms with Crippen molar-refractivity contribution in [3.05, 3.63) is 23.7 Å². The molecule has 0 radical (unpaired) electrons. The maximum absolute atomic E-state index is 5.71. The van der Waals surface area contributed by atoms with Gasteiger partial charge in [-0.15, -0.1) is 0 Å². The third-order valence-corrected chi connectivity index (χ3v) is 3.96. The molecule has 2 rings (SSSR count). The van der Waals surface area contributed by atoms with Gasteiger partial charge in [0.15, 0.2) is 0 Å². The van der Waals surface area contributed by atoms with Crippen LogP contribution in [0.4, 0.5) is 0 Å². The van der Waals surface area contributed by atoms with Gasteiger partial charge in [0, 0.05) is 43.3 Å². The van der Waals surface area contributed by atoms with Crippen molar-refractivity contribution >= 4 is 0 Å². The van der Waals surface area contributed by atoms with Crippen LogP contribution in [-0.2, 0) is 13.1 Å². The lowest BCUT2D eigenvalue weighted by atomic mass is 10.1. The summed E-state index contributed by atoms with van der Waals surface area (Å²) in [7, 11) is 2.19. The van der Waals surface area contributed by atoms with E-state index in [1.54, 1.807) is 0 Å². The van der Waals surface area contributed by atoms with Crippen LogP contribution in [0.5, 0.6) is 0 Å². The van der Waals surface area contributed by atoms with Gasteiger partial charge < -0.3 is 14.6 Å². The predicted octanol–water partition coefficient (Wildman–Crippen LogP) is 2.30. The lowest BCUT2D eigenvalue weighted by molar-refractivity contribution is 0.0871. The van der Waals surface area contributed by atoms with E-state index in [4.69, 9.17) is 4.42 Å². The van der Waals surface area contributed by atoms with Crippen LogP contribution in [0.3, 0.4) is 0 Å². The number of hydrogen-bond acceptors (Lipinski definition) is 4. The van der Waals surface area contributed by atoms with Crippen LogP contribution in [0, 0.1) is 0 Å². The Morgan fingerprint density at radius 3 is 2.75 bits per heavy atom. The molecule has 1 unspecified atom stereocenters. The monoisotopic (exact) mass is 279 g/mol. The molecule has 1 aromatic rings. The summed E-state index contributed by atoms with van der Waals surface area (Å²) in [5.74, 6) is 1.11. The summed E-state index contributed by atoms with van der Waals surface area (Å²) >= 11 is 0. The molecule has 1 aromatic heterocycles. The van der Waals surface area contributed by atoms with Crippen LogP contribution in [0.25, 0.3) is 0 Å². The largest absolute Gasteiger partial charge is 0.468 e. The molecule has 0 saturated carbocycles. The molecule has 0 aliphatic carbocycles. The van der Waals surface area contributed by atoms with Gasteiger partial charge in [-0.3, -0.25) is 4.90 Å². The van der Waals surface area contributed by atoms with Gasteiger partial charge in [-0.25, -0.2) is 0 Å². The van der Waals surface area contributed by atoms with Crippen molar-refractivity contribution in [2.75, 3.05) is 26.7 Å². The second-order valence-corrected chi connectivity index (χ2v) is 7.05. The van der Waals surface area contributed by atoms with Gasteiger partial charge in [0.2, 0.25) is 0 Å². The third-order valence-electron chi connectivity index (χ3n) is 3.96. The Balaban J connectivity index is 1.95. The fraction of sp³-hybridized carbons (Fsp3) is 0.750. The molecule has 1 aliphatic heterocycles. The Bertz CT molecular complexity index is 422. The van der Waals surface area contributed by atoms with Crippen molar-refractivity contribution in [1.29, 1.82) is 0 Å². The van der Waals surface area contributed by atoms with E-state index in [0.717, 1.165) is 38.5 Å². The first-order valence-electron chi connectivity index (χ1n) is 7.58. The highest BCUT2D eigenvalue weighted by atomic mass is 16.3. The Hall–Kier alpha value is -0.840. The van der Waals surface area contributed by atoms with E-state index in [1.807, 2.05) is 6.26 Å². The maximum atomic E-state index is 5.71. The van der Waals surface area contributed by atoms with Crippen LogP contribution in [0.15, 0.2) is 16.7 Å². The Kier molecular flexibility index (Phi) is 4.89. The summed E-state index contributed by atoms with van der Waals surface area (Å²) in [5.41, 5.74) is 1.42. The highest BCUT2D eigenvalue weighted by Crippen LogP contribution is 2.18. The zero-order valence-electron chi connectivity index (χ0n) is 13.6. The van der Waals surface area contributed by atoms with E-state index >= 15 is 0 Å². The minimum Gasteiger partial charge on any atom is -0.468 e. The maximum Gasteiger partial charge on any atom is 0.122 e. The summed E-state index contributed by atoms with van der Waals surface area (Å²) in [6.45, 7) is 14.0. The number of likely N-dealkylation sites (N-methyl/N-ethyl adjacent to an activating group) is 1. The molecule has 4 nitrogen and oxygen atoms in total. The van der Waals surface area contributed by atoms with E-state index in [9.17, 15) is 0 Å². The fourth-order valence-corrected chi connectivity index (χ4v) is 2.62. The lowest BCUT2D eigenvalue weighted by Crippen LogP contribution is -2.49. The Morgan fingerprint density at radius 2 is 2.10 bits per heavy atom. The number of nitrogens with one attached hydrogen (secondary N) is 1. The van der Waals surface area contributed by atoms with Gasteiger partial charge in [0.1, 0.15) is 5.76 Å². The van der Waals surface area contributed by atoms with E-state index < -0.39 is 0 Å². The van der Waals surface area contributed by atoms with Gasteiger partial charge in [0.05, 0.1) is 12.8 Å². The first-order valence-corrected chi connectivity index (χ1v) is 7.58. The van der Waals surface area contributed by atoms with Crippen LogP contribution in [0.1, 0.15) is 39.0 Å². The molecule has 0 aromatic carbocycles. The number of hydrogen-bond donors (Lipinski definition) is 1. The normalized spacial score (nSPS) is 22.4. The molecule has 2 heterocycles. The first kappa shape index (κ1) is 15.5. The van der Waals surface area contributed by atoms with Gasteiger partial charge in [0.25, 0.3) is 0 Å². The summed E-state index contributed by atoms with van der Waals surface area (Å²) < 4.78 is 5.71. The van der Waals surface area contributed by atoms with Crippen molar-refractivity contribution in [3.8, 4) is 0 Å². The summed E-state index contributed by atoms with van der Waals surface area (Å²) in [6, 6.07) is 2.68. The molecule has 1 fully saturated rings.